The van der Waals surface area contributed by atoms with Crippen LogP contribution in [0.4, 0.5) is 5.69 Å². The summed E-state index contributed by atoms with van der Waals surface area (Å²) in [4.78, 5) is 12.7. The molecular weight excluding hydrogens is 499 g/mol. The van der Waals surface area contributed by atoms with Gasteiger partial charge in [-0.2, -0.15) is 5.26 Å². The number of nitrogens with one attached hydrogen (secondary N) is 1. The minimum atomic E-state index is -0.548. The molecule has 0 fully saturated rings. The molecule has 0 heterocycles. The Morgan fingerprint density at radius 1 is 1.00 bits per heavy atom. The van der Waals surface area contributed by atoms with Gasteiger partial charge in [-0.1, -0.05) is 42.3 Å². The zero-order chi connectivity index (χ0) is 25.9. The predicted octanol–water partition coefficient (Wildman–Crippen LogP) is 7.31. The average Bonchev–Trinajstić information content (AvgIpc) is 2.87. The van der Waals surface area contributed by atoms with Crippen molar-refractivity contribution in [3.05, 3.63) is 87.4 Å². The van der Waals surface area contributed by atoms with Crippen molar-refractivity contribution < 1.29 is 19.0 Å². The Morgan fingerprint density at radius 3 is 2.36 bits per heavy atom. The molecule has 8 heteroatoms. The first-order valence-electron chi connectivity index (χ1n) is 11.4. The third kappa shape index (κ3) is 7.67. The average molecular weight is 525 g/mol. The molecule has 3 rings (SSSR count). The summed E-state index contributed by atoms with van der Waals surface area (Å²) >= 11 is 12.3. The molecule has 0 aliphatic heterocycles. The molecule has 0 unspecified atom stereocenters. The molecule has 1 N–H and O–H groups in total. The highest BCUT2D eigenvalue weighted by Gasteiger charge is 2.15. The quantitative estimate of drug-likeness (QED) is 0.210. The van der Waals surface area contributed by atoms with Gasteiger partial charge in [0.15, 0.2) is 11.5 Å². The summed E-state index contributed by atoms with van der Waals surface area (Å²) in [6.45, 7) is 5.13. The van der Waals surface area contributed by atoms with Crippen LogP contribution in [0, 0.1) is 11.3 Å². The molecule has 0 aromatic heterocycles. The van der Waals surface area contributed by atoms with E-state index in [4.69, 9.17) is 37.4 Å². The van der Waals surface area contributed by atoms with Crippen LogP contribution < -0.4 is 19.5 Å². The number of rotatable bonds is 11. The Kier molecular flexibility index (Phi) is 10.1. The fourth-order valence-corrected chi connectivity index (χ4v) is 3.57. The van der Waals surface area contributed by atoms with E-state index in [2.05, 4.69) is 5.32 Å². The van der Waals surface area contributed by atoms with E-state index in [1.807, 2.05) is 32.0 Å². The maximum atomic E-state index is 12.7. The number of anilines is 1. The minimum absolute atomic E-state index is 0.0844. The summed E-state index contributed by atoms with van der Waals surface area (Å²) in [5.41, 5.74) is 1.97. The first kappa shape index (κ1) is 26.9. The highest BCUT2D eigenvalue weighted by atomic mass is 35.5. The van der Waals surface area contributed by atoms with Crippen molar-refractivity contribution in [1.29, 1.82) is 5.26 Å². The Morgan fingerprint density at radius 2 is 1.72 bits per heavy atom. The number of benzene rings is 3. The topological polar surface area (TPSA) is 80.6 Å². The Balaban J connectivity index is 1.69. The molecule has 6 nitrogen and oxygen atoms in total. The Labute approximate surface area is 221 Å². The van der Waals surface area contributed by atoms with Crippen LogP contribution in [-0.2, 0) is 11.4 Å². The molecule has 0 aliphatic carbocycles. The molecule has 3 aromatic rings. The van der Waals surface area contributed by atoms with E-state index in [1.165, 1.54) is 6.08 Å². The summed E-state index contributed by atoms with van der Waals surface area (Å²) < 4.78 is 17.1. The zero-order valence-corrected chi connectivity index (χ0v) is 21.5. The van der Waals surface area contributed by atoms with Crippen molar-refractivity contribution in [1.82, 2.24) is 0 Å². The number of carbonyl (C=O) groups is 1. The Hall–Kier alpha value is -3.66. The van der Waals surface area contributed by atoms with Gasteiger partial charge in [0.05, 0.1) is 18.2 Å². The molecule has 0 saturated heterocycles. The van der Waals surface area contributed by atoms with Crippen LogP contribution >= 0.6 is 23.2 Å². The van der Waals surface area contributed by atoms with E-state index in [9.17, 15) is 10.1 Å². The van der Waals surface area contributed by atoms with Gasteiger partial charge in [0.2, 0.25) is 0 Å². The summed E-state index contributed by atoms with van der Waals surface area (Å²) in [6, 6.07) is 19.5. The highest BCUT2D eigenvalue weighted by Crippen LogP contribution is 2.37. The number of nitrogens with zero attached hydrogens (tertiary/aromatic N) is 1. The number of amides is 1. The van der Waals surface area contributed by atoms with Gasteiger partial charge in [-0.05, 0) is 79.1 Å². The van der Waals surface area contributed by atoms with E-state index in [0.29, 0.717) is 58.4 Å². The molecule has 3 aromatic carbocycles. The lowest BCUT2D eigenvalue weighted by molar-refractivity contribution is -0.112. The first-order valence-corrected chi connectivity index (χ1v) is 12.2. The SMILES string of the molecule is CCCOc1c(Cl)cc(/C=C(\C#N)C(=O)Nc2ccc(OCc3ccc(Cl)cc3)cc2)cc1OCC. The van der Waals surface area contributed by atoms with Gasteiger partial charge in [-0.3, -0.25) is 4.79 Å². The van der Waals surface area contributed by atoms with E-state index < -0.39 is 5.91 Å². The van der Waals surface area contributed by atoms with Crippen LogP contribution in [0.25, 0.3) is 6.08 Å². The van der Waals surface area contributed by atoms with Crippen molar-refractivity contribution in [3.8, 4) is 23.3 Å². The maximum Gasteiger partial charge on any atom is 0.266 e. The summed E-state index contributed by atoms with van der Waals surface area (Å²) in [7, 11) is 0. The lowest BCUT2D eigenvalue weighted by Gasteiger charge is -2.14. The van der Waals surface area contributed by atoms with E-state index >= 15 is 0 Å². The van der Waals surface area contributed by atoms with Gasteiger partial charge in [-0.15, -0.1) is 0 Å². The van der Waals surface area contributed by atoms with Gasteiger partial charge in [0, 0.05) is 10.7 Å². The molecule has 0 bridgehead atoms. The smallest absolute Gasteiger partial charge is 0.266 e. The second-order valence-corrected chi connectivity index (χ2v) is 8.52. The standard InChI is InChI=1S/C28H26Cl2N2O4/c1-3-13-35-27-25(30)15-20(16-26(27)34-4-2)14-21(17-31)28(33)32-23-9-11-24(12-10-23)36-18-19-5-7-22(29)8-6-19/h5-12,14-16H,3-4,13,18H2,1-2H3,(H,32,33)/b21-14+. The normalized spacial score (nSPS) is 10.9. The van der Waals surface area contributed by atoms with Gasteiger partial charge >= 0.3 is 0 Å². The number of ether oxygens (including phenoxy) is 3. The van der Waals surface area contributed by atoms with E-state index in [-0.39, 0.29) is 5.57 Å². The van der Waals surface area contributed by atoms with Crippen LogP contribution in [-0.4, -0.2) is 19.1 Å². The van der Waals surface area contributed by atoms with Crippen LogP contribution in [0.15, 0.2) is 66.2 Å². The number of hydrogen-bond donors (Lipinski definition) is 1. The molecule has 36 heavy (non-hydrogen) atoms. The van der Waals surface area contributed by atoms with Crippen LogP contribution in [0.5, 0.6) is 17.2 Å². The molecule has 186 valence electrons. The van der Waals surface area contributed by atoms with Crippen molar-refractivity contribution in [2.24, 2.45) is 0 Å². The molecule has 1 amide bonds. The first-order chi connectivity index (χ1) is 17.4. The number of hydrogen-bond acceptors (Lipinski definition) is 5. The van der Waals surface area contributed by atoms with Gasteiger partial charge in [0.25, 0.3) is 5.91 Å². The molecular formula is C28H26Cl2N2O4. The van der Waals surface area contributed by atoms with Crippen molar-refractivity contribution >= 4 is 40.9 Å². The zero-order valence-electron chi connectivity index (χ0n) is 20.0. The van der Waals surface area contributed by atoms with Gasteiger partial charge in [-0.25, -0.2) is 0 Å². The van der Waals surface area contributed by atoms with Gasteiger partial charge in [0.1, 0.15) is 24.0 Å². The van der Waals surface area contributed by atoms with Crippen LogP contribution in [0.2, 0.25) is 10.0 Å². The lowest BCUT2D eigenvalue weighted by Crippen LogP contribution is -2.13. The third-order valence-corrected chi connectivity index (χ3v) is 5.42. The molecule has 0 spiro atoms. The van der Waals surface area contributed by atoms with E-state index in [1.54, 1.807) is 48.5 Å². The highest BCUT2D eigenvalue weighted by molar-refractivity contribution is 6.32. The maximum absolute atomic E-state index is 12.7. The largest absolute Gasteiger partial charge is 0.490 e. The van der Waals surface area contributed by atoms with E-state index in [0.717, 1.165) is 12.0 Å². The fourth-order valence-electron chi connectivity index (χ4n) is 3.17. The Bertz CT molecular complexity index is 1250. The van der Waals surface area contributed by atoms with Gasteiger partial charge < -0.3 is 19.5 Å². The second kappa shape index (κ2) is 13.4. The molecule has 0 radical (unpaired) electrons. The number of halogens is 2. The molecule has 0 saturated carbocycles. The number of nitriles is 1. The monoisotopic (exact) mass is 524 g/mol. The van der Waals surface area contributed by atoms with Crippen LogP contribution in [0.3, 0.4) is 0 Å². The van der Waals surface area contributed by atoms with Crippen molar-refractivity contribution in [2.45, 2.75) is 26.9 Å². The van der Waals surface area contributed by atoms with Crippen molar-refractivity contribution in [2.75, 3.05) is 18.5 Å². The summed E-state index contributed by atoms with van der Waals surface area (Å²) in [5, 5.41) is 13.3. The molecule has 0 atom stereocenters. The predicted molar refractivity (Wildman–Crippen MR) is 143 cm³/mol. The minimum Gasteiger partial charge on any atom is -0.490 e. The molecule has 0 aliphatic rings. The lowest BCUT2D eigenvalue weighted by atomic mass is 10.1. The van der Waals surface area contributed by atoms with Crippen molar-refractivity contribution in [3.63, 3.8) is 0 Å². The summed E-state index contributed by atoms with van der Waals surface area (Å²) in [5.74, 6) is 0.991. The third-order valence-electron chi connectivity index (χ3n) is 4.89. The number of carbonyl (C=O) groups excluding carboxylic acids is 1. The fraction of sp³-hybridized carbons (Fsp3) is 0.214. The second-order valence-electron chi connectivity index (χ2n) is 7.67. The van der Waals surface area contributed by atoms with Crippen LogP contribution in [0.1, 0.15) is 31.4 Å². The summed E-state index contributed by atoms with van der Waals surface area (Å²) in [6.07, 6.45) is 2.27.